The predicted molar refractivity (Wildman–Crippen MR) is 174 cm³/mol. The highest BCUT2D eigenvalue weighted by molar-refractivity contribution is 8.00. The van der Waals surface area contributed by atoms with Crippen LogP contribution in [-0.2, 0) is 33.4 Å². The summed E-state index contributed by atoms with van der Waals surface area (Å²) in [5.74, 6) is -2.73. The number of aromatic nitrogens is 2. The number of oxime groups is 1. The molecule has 5 N–H and O–H groups in total. The van der Waals surface area contributed by atoms with Crippen LogP contribution in [0.5, 0.6) is 0 Å². The number of ether oxygens (including phenoxy) is 3. The molecule has 5 aliphatic rings. The van der Waals surface area contributed by atoms with E-state index >= 15 is 0 Å². The van der Waals surface area contributed by atoms with Gasteiger partial charge in [-0.25, -0.2) is 14.4 Å². The molecule has 1 aliphatic carbocycles. The van der Waals surface area contributed by atoms with Crippen molar-refractivity contribution in [3.8, 4) is 0 Å². The van der Waals surface area contributed by atoms with Crippen molar-refractivity contribution in [2.75, 3.05) is 31.2 Å². The fraction of sp³-hybridized carbons (Fsp3) is 0.567. The number of fused-ring (bicyclic) bond motifs is 1. The summed E-state index contributed by atoms with van der Waals surface area (Å²) in [6, 6.07) is -1.10. The molecule has 4 fully saturated rings. The smallest absolute Gasteiger partial charge is 0.477 e. The molecule has 3 amide bonds. The minimum Gasteiger partial charge on any atom is -0.477 e. The minimum atomic E-state index is -1.34. The van der Waals surface area contributed by atoms with Crippen LogP contribution in [0.2, 0.25) is 0 Å². The summed E-state index contributed by atoms with van der Waals surface area (Å²) in [6.07, 6.45) is 1.29. The molecule has 0 spiro atoms. The summed E-state index contributed by atoms with van der Waals surface area (Å²) in [7, 11) is 0. The van der Waals surface area contributed by atoms with Gasteiger partial charge < -0.3 is 40.5 Å². The number of cyclic esters (lactones) is 2. The number of thioether (sulfide) groups is 1. The quantitative estimate of drug-likeness (QED) is 0.0698. The van der Waals surface area contributed by atoms with Crippen LogP contribution in [0.1, 0.15) is 45.4 Å². The Bertz CT molecular complexity index is 1710. The Morgan fingerprint density at radius 1 is 1.22 bits per heavy atom. The van der Waals surface area contributed by atoms with Gasteiger partial charge in [-0.3, -0.25) is 19.3 Å². The normalized spacial score (nSPS) is 29.7. The van der Waals surface area contributed by atoms with Gasteiger partial charge in [0.15, 0.2) is 17.0 Å². The summed E-state index contributed by atoms with van der Waals surface area (Å²) in [6.45, 7) is 4.63. The first-order valence-corrected chi connectivity index (χ1v) is 17.7. The standard InChI is InChI=1S/C30H35N7O11S2/c1-12(16-5-6-36(9-16)29(43)46-10-19-13(2)47-30(44)48-19)14-3-4-15(18(38)8-14)7-17-11-49-26-21(25(40)37(26)22(17)27(41)42)32-24(39)20(34-45)23-33-28(31)50-35-23/h7,12-14,16,19,21,26,45H,3-6,8-11H2,1-2H3,(H,32,39)(H,41,42)(H2,31,33,35)/b15-7+,34-20-/t12-,13?,14?,16?,19?,21-,26-/m1/s1. The number of hydrogen-bond acceptors (Lipinski definition) is 16. The molecule has 1 aromatic rings. The number of ketones is 1. The molecule has 18 nitrogen and oxygen atoms in total. The van der Waals surface area contributed by atoms with Gasteiger partial charge in [0.05, 0.1) is 0 Å². The lowest BCUT2D eigenvalue weighted by Crippen LogP contribution is -2.71. The van der Waals surface area contributed by atoms with Gasteiger partial charge in [0.25, 0.3) is 11.8 Å². The first-order chi connectivity index (χ1) is 23.9. The van der Waals surface area contributed by atoms with Crippen LogP contribution in [0.25, 0.3) is 0 Å². The molecule has 7 atom stereocenters. The van der Waals surface area contributed by atoms with Crippen molar-refractivity contribution in [2.45, 2.75) is 63.2 Å². The number of likely N-dealkylation sites (tertiary alicyclic amines) is 1. The van der Waals surface area contributed by atoms with Gasteiger partial charge in [0.1, 0.15) is 29.8 Å². The van der Waals surface area contributed by atoms with Crippen molar-refractivity contribution in [3.63, 3.8) is 0 Å². The molecule has 1 aromatic heterocycles. The zero-order valence-electron chi connectivity index (χ0n) is 27.0. The predicted octanol–water partition coefficient (Wildman–Crippen LogP) is 1.35. The highest BCUT2D eigenvalue weighted by atomic mass is 32.2. The number of nitrogens with zero attached hydrogens (tertiary/aromatic N) is 5. The number of β-lactam (4-membered cyclic amide) rings is 1. The van der Waals surface area contributed by atoms with Crippen molar-refractivity contribution in [2.24, 2.45) is 22.9 Å². The van der Waals surface area contributed by atoms with Gasteiger partial charge in [-0.2, -0.15) is 9.36 Å². The molecular weight excluding hydrogens is 699 g/mol. The van der Waals surface area contributed by atoms with E-state index in [0.29, 0.717) is 37.1 Å². The minimum absolute atomic E-state index is 0.0422. The van der Waals surface area contributed by atoms with Crippen LogP contribution in [0.15, 0.2) is 28.1 Å². The van der Waals surface area contributed by atoms with E-state index in [0.717, 1.165) is 22.9 Å². The van der Waals surface area contributed by atoms with Gasteiger partial charge in [0.2, 0.25) is 11.5 Å². The molecule has 5 heterocycles. The molecule has 1 saturated carbocycles. The maximum Gasteiger partial charge on any atom is 0.509 e. The summed E-state index contributed by atoms with van der Waals surface area (Å²) in [5.41, 5.74) is 5.55. The van der Waals surface area contributed by atoms with Gasteiger partial charge in [-0.1, -0.05) is 12.1 Å². The third-order valence-electron chi connectivity index (χ3n) is 9.79. The maximum atomic E-state index is 13.4. The summed E-state index contributed by atoms with van der Waals surface area (Å²) < 4.78 is 19.1. The van der Waals surface area contributed by atoms with Crippen LogP contribution in [0.3, 0.4) is 0 Å². The number of Topliss-reactive ketones (excluding diaryl/α,β-unsaturated/α-hetero) is 1. The molecule has 50 heavy (non-hydrogen) atoms. The van der Waals surface area contributed by atoms with E-state index < -0.39 is 59.4 Å². The number of carboxylic acids is 1. The number of amides is 3. The summed E-state index contributed by atoms with van der Waals surface area (Å²) in [5, 5.41) is 24.1. The van der Waals surface area contributed by atoms with Crippen LogP contribution < -0.4 is 11.1 Å². The van der Waals surface area contributed by atoms with E-state index in [1.807, 2.05) is 0 Å². The Morgan fingerprint density at radius 3 is 2.64 bits per heavy atom. The molecule has 4 aliphatic heterocycles. The third kappa shape index (κ3) is 6.85. The number of nitrogens with one attached hydrogen (secondary N) is 1. The van der Waals surface area contributed by atoms with Crippen molar-refractivity contribution >= 4 is 70.0 Å². The molecule has 0 radical (unpaired) electrons. The highest BCUT2D eigenvalue weighted by Gasteiger charge is 2.54. The number of carboxylic acid groups (broad SMARTS) is 1. The number of hydrogen-bond donors (Lipinski definition) is 4. The van der Waals surface area contributed by atoms with Crippen LogP contribution in [0.4, 0.5) is 14.7 Å². The largest absolute Gasteiger partial charge is 0.509 e. The van der Waals surface area contributed by atoms with Crippen LogP contribution in [-0.4, -0.2) is 120 Å². The molecule has 20 heteroatoms. The number of carbonyl (C=O) groups is 6. The SMILES string of the molecule is CC1OC(=O)OC1COC(=O)N1CCC([C@H](C)C2CC/C(=C\C3=C(C(=O)O)N4C(=O)[C@@H](NC(=O)/C(=N\O)c5nsc(N)n5)[C@H]4SC3)C(=O)C2)C1. The molecule has 268 valence electrons. The van der Waals surface area contributed by atoms with E-state index in [9.17, 15) is 39.1 Å². The zero-order valence-corrected chi connectivity index (χ0v) is 28.6. The van der Waals surface area contributed by atoms with E-state index in [-0.39, 0.29) is 59.0 Å². The third-order valence-corrected chi connectivity index (χ3v) is 11.6. The van der Waals surface area contributed by atoms with Gasteiger partial charge >= 0.3 is 18.2 Å². The second-order valence-corrected chi connectivity index (χ2v) is 14.6. The maximum absolute atomic E-state index is 13.4. The molecule has 6 rings (SSSR count). The summed E-state index contributed by atoms with van der Waals surface area (Å²) in [4.78, 5) is 82.1. The lowest BCUT2D eigenvalue weighted by atomic mass is 9.73. The number of rotatable bonds is 9. The Morgan fingerprint density at radius 2 is 2.00 bits per heavy atom. The van der Waals surface area contributed by atoms with Gasteiger partial charge in [-0.15, -0.1) is 11.8 Å². The van der Waals surface area contributed by atoms with Gasteiger partial charge in [-0.05, 0) is 61.2 Å². The van der Waals surface area contributed by atoms with Crippen molar-refractivity contribution in [3.05, 3.63) is 28.7 Å². The number of nitrogens with two attached hydrogens (primary N) is 1. The first kappa shape index (κ1) is 35.1. The van der Waals surface area contributed by atoms with E-state index in [1.165, 1.54) is 11.8 Å². The Balaban J connectivity index is 1.04. The number of carbonyl (C=O) groups excluding carboxylic acids is 5. The number of anilines is 1. The molecular formula is C30H35N7O11S2. The number of aliphatic carboxylic acids is 1. The first-order valence-electron chi connectivity index (χ1n) is 15.9. The van der Waals surface area contributed by atoms with E-state index in [1.54, 1.807) is 17.9 Å². The number of nitrogen functional groups attached to an aromatic ring is 1. The van der Waals surface area contributed by atoms with E-state index in [2.05, 4.69) is 26.8 Å². The van der Waals surface area contributed by atoms with Crippen molar-refractivity contribution in [1.82, 2.24) is 24.5 Å². The topological polar surface area (TPSA) is 253 Å². The second kappa shape index (κ2) is 14.3. The van der Waals surface area contributed by atoms with Gasteiger partial charge in [0, 0.05) is 36.8 Å². The molecule has 0 bridgehead atoms. The van der Waals surface area contributed by atoms with E-state index in [4.69, 9.17) is 19.9 Å². The Hall–Kier alpha value is -4.72. The number of allylic oxidation sites excluding steroid dienone is 2. The zero-order chi connectivity index (χ0) is 35.9. The Kier molecular flexibility index (Phi) is 10.0. The van der Waals surface area contributed by atoms with Crippen molar-refractivity contribution < 1.29 is 53.3 Å². The monoisotopic (exact) mass is 733 g/mol. The van der Waals surface area contributed by atoms with Crippen LogP contribution in [0, 0.1) is 17.8 Å². The Labute approximate surface area is 293 Å². The fourth-order valence-electron chi connectivity index (χ4n) is 6.91. The molecule has 3 saturated heterocycles. The highest BCUT2D eigenvalue weighted by Crippen LogP contribution is 2.43. The lowest BCUT2D eigenvalue weighted by molar-refractivity contribution is -0.150. The second-order valence-electron chi connectivity index (χ2n) is 12.7. The van der Waals surface area contributed by atoms with Crippen molar-refractivity contribution in [1.29, 1.82) is 0 Å². The van der Waals surface area contributed by atoms with Crippen LogP contribution >= 0.6 is 23.3 Å². The molecule has 4 unspecified atom stereocenters. The fourth-order valence-corrected chi connectivity index (χ4v) is 8.65. The molecule has 0 aromatic carbocycles. The average molecular weight is 734 g/mol. The lowest BCUT2D eigenvalue weighted by Gasteiger charge is -2.49. The average Bonchev–Trinajstić information content (AvgIpc) is 3.83. The summed E-state index contributed by atoms with van der Waals surface area (Å²) >= 11 is 2.02.